The van der Waals surface area contributed by atoms with Crippen LogP contribution in [0.2, 0.25) is 0 Å². The highest BCUT2D eigenvalue weighted by Crippen LogP contribution is 2.26. The number of methoxy groups -OCH3 is 1. The summed E-state index contributed by atoms with van der Waals surface area (Å²) in [5.41, 5.74) is 1.71. The average molecular weight is 460 g/mol. The summed E-state index contributed by atoms with van der Waals surface area (Å²) in [6.07, 6.45) is 0. The lowest BCUT2D eigenvalue weighted by Crippen LogP contribution is -2.34. The first-order valence-corrected chi connectivity index (χ1v) is 12.0. The van der Waals surface area contributed by atoms with Gasteiger partial charge in [0.15, 0.2) is 0 Å². The van der Waals surface area contributed by atoms with Gasteiger partial charge in [-0.15, -0.1) is 0 Å². The number of amides is 1. The second-order valence-corrected chi connectivity index (χ2v) is 9.54. The molecule has 31 heavy (non-hydrogen) atoms. The first-order chi connectivity index (χ1) is 14.8. The predicted molar refractivity (Wildman–Crippen MR) is 123 cm³/mol. The van der Waals surface area contributed by atoms with Gasteiger partial charge in [-0.25, -0.2) is 8.42 Å². The topological polar surface area (TPSA) is 87.7 Å². The van der Waals surface area contributed by atoms with Crippen molar-refractivity contribution in [2.24, 2.45) is 0 Å². The number of benzene rings is 2. The minimum atomic E-state index is -3.90. The molecule has 0 saturated heterocycles. The van der Waals surface area contributed by atoms with Gasteiger partial charge in [-0.1, -0.05) is 18.2 Å². The summed E-state index contributed by atoms with van der Waals surface area (Å²) in [5, 5.41) is 6.95. The molecule has 3 aromatic rings. The van der Waals surface area contributed by atoms with Crippen LogP contribution < -0.4 is 14.8 Å². The minimum absolute atomic E-state index is 0.00643. The summed E-state index contributed by atoms with van der Waals surface area (Å²) in [7, 11) is 1.47. The molecule has 7 nitrogen and oxygen atoms in total. The quantitative estimate of drug-likeness (QED) is 0.511. The van der Waals surface area contributed by atoms with Crippen molar-refractivity contribution >= 4 is 33.0 Å². The molecule has 0 spiro atoms. The van der Waals surface area contributed by atoms with Gasteiger partial charge in [0.25, 0.3) is 15.9 Å². The molecule has 2 aromatic carbocycles. The molecule has 3 rings (SSSR count). The molecule has 0 saturated carbocycles. The van der Waals surface area contributed by atoms with Gasteiger partial charge >= 0.3 is 0 Å². The summed E-state index contributed by atoms with van der Waals surface area (Å²) in [6.45, 7) is 0.402. The van der Waals surface area contributed by atoms with Gasteiger partial charge in [0, 0.05) is 12.1 Å². The number of carbonyl (C=O) groups excluding carboxylic acids is 1. The van der Waals surface area contributed by atoms with Crippen LogP contribution in [-0.4, -0.2) is 47.0 Å². The smallest absolute Gasteiger partial charge is 0.262 e. The van der Waals surface area contributed by atoms with Crippen LogP contribution in [0.4, 0.5) is 5.69 Å². The van der Waals surface area contributed by atoms with Gasteiger partial charge in [0.2, 0.25) is 0 Å². The molecular formula is C22H25N3O4S2. The molecule has 1 atom stereocenters. The molecule has 1 aromatic heterocycles. The van der Waals surface area contributed by atoms with Crippen molar-refractivity contribution in [1.29, 1.82) is 0 Å². The van der Waals surface area contributed by atoms with E-state index >= 15 is 0 Å². The van der Waals surface area contributed by atoms with Gasteiger partial charge in [-0.3, -0.25) is 9.52 Å². The van der Waals surface area contributed by atoms with Crippen molar-refractivity contribution in [3.63, 3.8) is 0 Å². The Labute approximate surface area is 186 Å². The molecule has 9 heteroatoms. The number of nitrogens with one attached hydrogen (secondary N) is 2. The Morgan fingerprint density at radius 2 is 1.90 bits per heavy atom. The number of anilines is 1. The Morgan fingerprint density at radius 1 is 1.13 bits per heavy atom. The van der Waals surface area contributed by atoms with Crippen molar-refractivity contribution in [3.8, 4) is 5.75 Å². The molecule has 164 valence electrons. The second kappa shape index (κ2) is 9.95. The van der Waals surface area contributed by atoms with Crippen LogP contribution in [-0.2, 0) is 10.0 Å². The summed E-state index contributed by atoms with van der Waals surface area (Å²) in [5.74, 6) is 0.0690. The fourth-order valence-corrected chi connectivity index (χ4v) is 4.91. The van der Waals surface area contributed by atoms with Gasteiger partial charge in [-0.05, 0) is 66.8 Å². The highest BCUT2D eigenvalue weighted by atomic mass is 32.2. The van der Waals surface area contributed by atoms with Crippen LogP contribution >= 0.6 is 11.3 Å². The monoisotopic (exact) mass is 459 g/mol. The Bertz CT molecular complexity index is 1130. The molecule has 0 radical (unpaired) electrons. The Hall–Kier alpha value is -2.88. The molecule has 0 aliphatic carbocycles. The van der Waals surface area contributed by atoms with Crippen LogP contribution in [0.25, 0.3) is 0 Å². The molecule has 0 bridgehead atoms. The van der Waals surface area contributed by atoms with Crippen LogP contribution in [0.5, 0.6) is 5.75 Å². The first kappa shape index (κ1) is 22.8. The van der Waals surface area contributed by atoms with Crippen molar-refractivity contribution < 1.29 is 17.9 Å². The van der Waals surface area contributed by atoms with Crippen LogP contribution in [0.3, 0.4) is 0 Å². The molecule has 0 aliphatic heterocycles. The third-order valence-corrected chi connectivity index (χ3v) is 6.83. The van der Waals surface area contributed by atoms with E-state index in [2.05, 4.69) is 10.0 Å². The SMILES string of the molecule is COc1ccccc1NS(=O)(=O)c1cccc(C(=O)NCC(c2ccsc2)N(C)C)c1. The van der Waals surface area contributed by atoms with Crippen LogP contribution in [0, 0.1) is 0 Å². The number of ether oxygens (including phenoxy) is 1. The lowest BCUT2D eigenvalue weighted by atomic mass is 10.1. The summed E-state index contributed by atoms with van der Waals surface area (Å²) >= 11 is 1.60. The molecule has 0 fully saturated rings. The van der Waals surface area contributed by atoms with E-state index in [0.29, 0.717) is 18.0 Å². The highest BCUT2D eigenvalue weighted by Gasteiger charge is 2.20. The molecule has 2 N–H and O–H groups in total. The van der Waals surface area contributed by atoms with Gasteiger partial charge in [0.05, 0.1) is 23.7 Å². The number of rotatable bonds is 9. The minimum Gasteiger partial charge on any atom is -0.495 e. The summed E-state index contributed by atoms with van der Waals surface area (Å²) in [6, 6.07) is 14.7. The number of carbonyl (C=O) groups is 1. The van der Waals surface area contributed by atoms with E-state index in [4.69, 9.17) is 4.74 Å². The first-order valence-electron chi connectivity index (χ1n) is 9.54. The van der Waals surface area contributed by atoms with E-state index in [0.717, 1.165) is 5.56 Å². The number of nitrogens with zero attached hydrogens (tertiary/aromatic N) is 1. The zero-order valence-corrected chi connectivity index (χ0v) is 19.2. The number of thiophene rings is 1. The maximum Gasteiger partial charge on any atom is 0.262 e. The zero-order chi connectivity index (χ0) is 22.4. The van der Waals surface area contributed by atoms with Gasteiger partial charge in [0.1, 0.15) is 5.75 Å². The number of para-hydroxylation sites is 2. The van der Waals surface area contributed by atoms with Crippen molar-refractivity contribution in [1.82, 2.24) is 10.2 Å². The van der Waals surface area contributed by atoms with Crippen molar-refractivity contribution in [2.45, 2.75) is 10.9 Å². The molecule has 1 heterocycles. The Kier molecular flexibility index (Phi) is 7.32. The van der Waals surface area contributed by atoms with Crippen LogP contribution in [0.1, 0.15) is 22.0 Å². The largest absolute Gasteiger partial charge is 0.495 e. The molecule has 1 unspecified atom stereocenters. The lowest BCUT2D eigenvalue weighted by molar-refractivity contribution is 0.0941. The van der Waals surface area contributed by atoms with E-state index in [1.54, 1.807) is 47.7 Å². The van der Waals surface area contributed by atoms with E-state index in [1.807, 2.05) is 35.8 Å². The van der Waals surface area contributed by atoms with E-state index in [1.165, 1.54) is 19.2 Å². The molecule has 1 amide bonds. The zero-order valence-electron chi connectivity index (χ0n) is 17.5. The maximum absolute atomic E-state index is 12.9. The summed E-state index contributed by atoms with van der Waals surface area (Å²) < 4.78 is 33.4. The number of sulfonamides is 1. The normalized spacial score (nSPS) is 12.4. The van der Waals surface area contributed by atoms with Crippen molar-refractivity contribution in [2.75, 3.05) is 32.5 Å². The third kappa shape index (κ3) is 5.63. The van der Waals surface area contributed by atoms with E-state index in [-0.39, 0.29) is 22.4 Å². The van der Waals surface area contributed by atoms with Crippen molar-refractivity contribution in [3.05, 3.63) is 76.5 Å². The van der Waals surface area contributed by atoms with E-state index in [9.17, 15) is 13.2 Å². The highest BCUT2D eigenvalue weighted by molar-refractivity contribution is 7.92. The fraction of sp³-hybridized carbons (Fsp3) is 0.227. The standard InChI is InChI=1S/C22H25N3O4S2/c1-25(2)20(17-11-12-30-15-17)14-23-22(26)16-7-6-8-18(13-16)31(27,28)24-19-9-4-5-10-21(19)29-3/h4-13,15,20,24H,14H2,1-3H3,(H,23,26). The lowest BCUT2D eigenvalue weighted by Gasteiger charge is -2.24. The predicted octanol–water partition coefficient (Wildman–Crippen LogP) is 3.59. The third-order valence-electron chi connectivity index (χ3n) is 4.77. The Morgan fingerprint density at radius 3 is 2.58 bits per heavy atom. The second-order valence-electron chi connectivity index (χ2n) is 7.08. The number of likely N-dealkylation sites (N-methyl/N-ethyl adjacent to an activating group) is 1. The fourth-order valence-electron chi connectivity index (χ4n) is 3.09. The Balaban J connectivity index is 1.75. The van der Waals surface area contributed by atoms with Crippen LogP contribution in [0.15, 0.2) is 70.3 Å². The van der Waals surface area contributed by atoms with Gasteiger partial charge < -0.3 is 15.0 Å². The maximum atomic E-state index is 12.9. The molecular weight excluding hydrogens is 434 g/mol. The van der Waals surface area contributed by atoms with Gasteiger partial charge in [-0.2, -0.15) is 11.3 Å². The molecule has 0 aliphatic rings. The summed E-state index contributed by atoms with van der Waals surface area (Å²) in [4.78, 5) is 14.7. The number of hydrogen-bond acceptors (Lipinski definition) is 6. The van der Waals surface area contributed by atoms with E-state index < -0.39 is 10.0 Å². The number of hydrogen-bond donors (Lipinski definition) is 2. The average Bonchev–Trinajstić information content (AvgIpc) is 3.28.